The van der Waals surface area contributed by atoms with Crippen LogP contribution in [0.1, 0.15) is 33.4 Å². The van der Waals surface area contributed by atoms with Gasteiger partial charge in [-0.2, -0.15) is 0 Å². The molecule has 15 aromatic rings. The molecule has 0 unspecified atom stereocenters. The van der Waals surface area contributed by atoms with Gasteiger partial charge in [-0.3, -0.25) is 0 Å². The zero-order valence-corrected chi connectivity index (χ0v) is 44.4. The lowest BCUT2D eigenvalue weighted by Gasteiger charge is -2.26. The van der Waals surface area contributed by atoms with Crippen molar-refractivity contribution in [1.29, 1.82) is 0 Å². The molecule has 0 saturated heterocycles. The predicted molar refractivity (Wildman–Crippen MR) is 332 cm³/mol. The lowest BCUT2D eigenvalue weighted by molar-refractivity contribution is 0.466. The van der Waals surface area contributed by atoms with Gasteiger partial charge in [-0.05, 0) is 144 Å². The van der Waals surface area contributed by atoms with Crippen LogP contribution in [-0.4, -0.2) is 13.7 Å². The molecule has 3 aromatic heterocycles. The van der Waals surface area contributed by atoms with Crippen molar-refractivity contribution in [3.8, 4) is 51.6 Å². The lowest BCUT2D eigenvalue weighted by Crippen LogP contribution is -2.10. The van der Waals surface area contributed by atoms with E-state index in [1.165, 1.54) is 49.5 Å². The Kier molecular flexibility index (Phi) is 9.56. The van der Waals surface area contributed by atoms with Crippen molar-refractivity contribution in [3.05, 3.63) is 288 Å². The van der Waals surface area contributed by atoms with E-state index in [1.807, 2.05) is 0 Å². The van der Waals surface area contributed by atoms with Crippen LogP contribution in [0.2, 0.25) is 0 Å². The Bertz CT molecular complexity index is 4650. The van der Waals surface area contributed by atoms with E-state index in [2.05, 4.69) is 273 Å². The van der Waals surface area contributed by atoms with E-state index in [-0.39, 0.29) is 0 Å². The first-order valence-corrected chi connectivity index (χ1v) is 28.2. The van der Waals surface area contributed by atoms with Gasteiger partial charge in [0.1, 0.15) is 34.5 Å². The molecule has 0 amide bonds. The van der Waals surface area contributed by atoms with Gasteiger partial charge in [-0.15, -0.1) is 0 Å². The Balaban J connectivity index is 0.769. The second-order valence-corrected chi connectivity index (χ2v) is 21.9. The highest BCUT2D eigenvalue weighted by Crippen LogP contribution is 2.50. The lowest BCUT2D eigenvalue weighted by atomic mass is 9.98. The summed E-state index contributed by atoms with van der Waals surface area (Å²) in [6, 6.07) is 91.9. The molecule has 3 aliphatic heterocycles. The van der Waals surface area contributed by atoms with Gasteiger partial charge in [0.25, 0.3) is 0 Å². The average Bonchev–Trinajstić information content (AvgIpc) is 4.20. The van der Waals surface area contributed by atoms with Crippen LogP contribution in [0.5, 0.6) is 34.5 Å². The number of hydrogen-bond acceptors (Lipinski definition) is 4. The topological polar surface area (TPSA) is 45.7 Å². The second-order valence-electron chi connectivity index (χ2n) is 21.9. The molecule has 18 rings (SSSR count). The smallest absolute Gasteiger partial charge is 0.140 e. The fraction of sp³-hybridized carbons (Fsp3) is 0.0400. The van der Waals surface area contributed by atoms with Gasteiger partial charge in [0.2, 0.25) is 0 Å². The molecule has 0 atom stereocenters. The maximum atomic E-state index is 6.78. The average molecular weight is 1050 g/mol. The number of hydrogen-bond donors (Lipinski definition) is 0. The van der Waals surface area contributed by atoms with E-state index < -0.39 is 0 Å². The summed E-state index contributed by atoms with van der Waals surface area (Å²) in [6.07, 6.45) is 2.51. The normalized spacial score (nSPS) is 13.0. The Hall–Kier alpha value is -10.8. The van der Waals surface area contributed by atoms with Crippen LogP contribution in [0.15, 0.2) is 255 Å². The Morgan fingerprint density at radius 1 is 0.244 bits per heavy atom. The van der Waals surface area contributed by atoms with E-state index in [0.29, 0.717) is 0 Å². The molecule has 3 aliphatic rings. The molecular formula is C75H48N4O3. The summed E-state index contributed by atoms with van der Waals surface area (Å²) in [7, 11) is 0. The molecule has 6 heterocycles. The summed E-state index contributed by atoms with van der Waals surface area (Å²) < 4.78 is 27.5. The van der Waals surface area contributed by atoms with Gasteiger partial charge < -0.3 is 32.8 Å². The molecule has 12 aromatic carbocycles. The summed E-state index contributed by atoms with van der Waals surface area (Å²) in [5.41, 5.74) is 20.3. The minimum absolute atomic E-state index is 0.836. The number of para-hydroxylation sites is 6. The van der Waals surface area contributed by atoms with Gasteiger partial charge >= 0.3 is 0 Å². The van der Waals surface area contributed by atoms with Crippen molar-refractivity contribution in [2.45, 2.75) is 19.3 Å². The summed E-state index contributed by atoms with van der Waals surface area (Å²) in [6.45, 7) is 0. The zero-order chi connectivity index (χ0) is 53.6. The zero-order valence-electron chi connectivity index (χ0n) is 44.4. The molecule has 386 valence electrons. The Morgan fingerprint density at radius 2 is 0.524 bits per heavy atom. The Labute approximate surface area is 471 Å². The van der Waals surface area contributed by atoms with E-state index in [0.717, 1.165) is 137 Å². The van der Waals surface area contributed by atoms with Crippen LogP contribution in [-0.2, 0) is 19.3 Å². The van der Waals surface area contributed by atoms with Crippen molar-refractivity contribution >= 4 is 82.5 Å². The molecule has 0 saturated carbocycles. The summed E-state index contributed by atoms with van der Waals surface area (Å²) in [5, 5.41) is 6.91. The molecule has 7 heteroatoms. The number of fused-ring (bicyclic) bond motifs is 18. The van der Waals surface area contributed by atoms with Gasteiger partial charge in [0.05, 0.1) is 49.3 Å². The van der Waals surface area contributed by atoms with Gasteiger partial charge in [0.15, 0.2) is 0 Å². The molecule has 0 fully saturated rings. The first-order chi connectivity index (χ1) is 40.6. The molecule has 0 radical (unpaired) electrons. The number of rotatable bonds is 6. The molecule has 0 bridgehead atoms. The molecule has 7 nitrogen and oxygen atoms in total. The van der Waals surface area contributed by atoms with E-state index in [1.54, 1.807) is 0 Å². The number of benzene rings is 12. The number of aromatic nitrogens is 3. The summed E-state index contributed by atoms with van der Waals surface area (Å²) in [4.78, 5) is 2.37. The first-order valence-electron chi connectivity index (χ1n) is 28.2. The quantitative estimate of drug-likeness (QED) is 0.166. The van der Waals surface area contributed by atoms with Crippen molar-refractivity contribution in [2.75, 3.05) is 4.90 Å². The van der Waals surface area contributed by atoms with Crippen LogP contribution >= 0.6 is 0 Å². The van der Waals surface area contributed by atoms with Crippen LogP contribution in [0.4, 0.5) is 17.1 Å². The van der Waals surface area contributed by atoms with Crippen LogP contribution in [0, 0.1) is 0 Å². The highest BCUT2D eigenvalue weighted by Gasteiger charge is 2.28. The summed E-state index contributed by atoms with van der Waals surface area (Å²) >= 11 is 0. The fourth-order valence-electron chi connectivity index (χ4n) is 13.7. The van der Waals surface area contributed by atoms with Crippen LogP contribution in [0.25, 0.3) is 82.5 Å². The van der Waals surface area contributed by atoms with Gasteiger partial charge in [-0.1, -0.05) is 127 Å². The van der Waals surface area contributed by atoms with E-state index >= 15 is 0 Å². The monoisotopic (exact) mass is 1050 g/mol. The van der Waals surface area contributed by atoms with Gasteiger partial charge in [-0.25, -0.2) is 0 Å². The predicted octanol–water partition coefficient (Wildman–Crippen LogP) is 19.5. The van der Waals surface area contributed by atoms with Gasteiger partial charge in [0, 0.05) is 86.2 Å². The van der Waals surface area contributed by atoms with Crippen molar-refractivity contribution < 1.29 is 14.2 Å². The number of nitrogens with zero attached hydrogens (tertiary/aromatic N) is 4. The third-order valence-corrected chi connectivity index (χ3v) is 17.4. The molecule has 0 N–H and O–H groups in total. The second kappa shape index (κ2) is 17.4. The highest BCUT2D eigenvalue weighted by atomic mass is 16.5. The molecule has 82 heavy (non-hydrogen) atoms. The number of anilines is 3. The van der Waals surface area contributed by atoms with E-state index in [4.69, 9.17) is 14.2 Å². The van der Waals surface area contributed by atoms with Crippen molar-refractivity contribution in [2.24, 2.45) is 0 Å². The fourth-order valence-corrected chi connectivity index (χ4v) is 13.7. The Morgan fingerprint density at radius 3 is 0.841 bits per heavy atom. The third-order valence-electron chi connectivity index (χ3n) is 17.4. The maximum absolute atomic E-state index is 6.78. The maximum Gasteiger partial charge on any atom is 0.140 e. The standard InChI is InChI=1S/C75H48N4O3/c1-10-22-67-46(13-1)43-49-25-40-64-70(73(49)80-67)58-16-4-7-19-61(58)77(64)55-34-28-52(29-35-55)76(53-30-36-56(37-31-53)78-62-20-8-5-17-59(62)71-65(78)41-26-50-44-47-14-2-11-23-68(47)81-74(50)71)54-32-38-57(39-33-54)79-63-21-9-6-18-60(63)72-66(79)42-27-51-45-48-15-3-12-24-69(48)82-75(51)72/h1-42H,43-45H2. The van der Waals surface area contributed by atoms with Crippen molar-refractivity contribution in [1.82, 2.24) is 13.7 Å². The molecule has 0 aliphatic carbocycles. The van der Waals surface area contributed by atoms with E-state index in [9.17, 15) is 0 Å². The SMILES string of the molecule is c1ccc2c(c1)Cc1ccc3c(c1O2)c1ccccc1n3-c1ccc(N(c2ccc(-n3c4ccccc4c4c5c(ccc43)Cc3ccccc3O5)cc2)c2ccc(-n3c4ccccc4c4c5c(ccc43)Cc3ccccc3O5)cc2)cc1. The number of ether oxygens (including phenoxy) is 3. The highest BCUT2D eigenvalue weighted by molar-refractivity contribution is 6.15. The largest absolute Gasteiger partial charge is 0.456 e. The van der Waals surface area contributed by atoms with Crippen LogP contribution in [0.3, 0.4) is 0 Å². The molecular weight excluding hydrogens is 1000 g/mol. The first kappa shape index (κ1) is 45.1. The van der Waals surface area contributed by atoms with Crippen LogP contribution < -0.4 is 19.1 Å². The third kappa shape index (κ3) is 6.65. The summed E-state index contributed by atoms with van der Waals surface area (Å²) in [5.74, 6) is 5.61. The minimum Gasteiger partial charge on any atom is -0.456 e. The molecule has 0 spiro atoms. The van der Waals surface area contributed by atoms with Crippen molar-refractivity contribution in [3.63, 3.8) is 0 Å². The minimum atomic E-state index is 0.836.